The molecule has 0 unspecified atom stereocenters. The molecule has 32 nitrogen and oxygen atoms in total. The summed E-state index contributed by atoms with van der Waals surface area (Å²) >= 11 is 0. The lowest BCUT2D eigenvalue weighted by Gasteiger charge is -2.13. The number of nitrogens with zero attached hydrogens (tertiary/aromatic N) is 17. The maximum atomic E-state index is 12.5. The van der Waals surface area contributed by atoms with Crippen molar-refractivity contribution < 1.29 is 123 Å². The minimum absolute atomic E-state index is 0.0818. The molecule has 0 aliphatic heterocycles. The van der Waals surface area contributed by atoms with E-state index in [0.29, 0.717) is 130 Å². The molecule has 0 spiro atoms. The van der Waals surface area contributed by atoms with E-state index in [2.05, 4.69) is 117 Å². The Morgan fingerprint density at radius 3 is 1.06 bits per heavy atom. The van der Waals surface area contributed by atoms with Gasteiger partial charge in [0.05, 0.1) is 34.0 Å². The average Bonchev–Trinajstić information content (AvgIpc) is 1.53. The van der Waals surface area contributed by atoms with Crippen molar-refractivity contribution >= 4 is 54.8 Å². The van der Waals surface area contributed by atoms with Gasteiger partial charge in [-0.15, -0.1) is 39.5 Å². The SMILES string of the molecule is COc1cc(-c2ccc(OC(F)(F)F)cc2)cc2c(OCc3ncccn3)noc12.Cc1cc(-c2cc(C)c3onc(OCc4ncccn4)c3c2)ccc1OC(F)(F)F.Cc1cc(-c2cccc(OC(F)(F)F)c2)cc2c(OCc3ncccn3)noc12.FC(F)(F)COc1ccc(-c2ccc3onc(OCc4ncccn4)c3c2)cn1.c1cnc(COc2noc3ccc(-c4ccc(C5CC5)nc4)cc23)nc1. The molecule has 732 valence electrons. The summed E-state index contributed by atoms with van der Waals surface area (Å²) in [6.45, 7) is 4.51. The van der Waals surface area contributed by atoms with Crippen LogP contribution in [0.1, 0.15) is 70.3 Å². The number of fused-ring (bicyclic) bond motifs is 5. The van der Waals surface area contributed by atoms with Gasteiger partial charge in [0.25, 0.3) is 29.4 Å². The second kappa shape index (κ2) is 43.6. The summed E-state index contributed by atoms with van der Waals surface area (Å²) in [4.78, 5) is 49.5. The number of methoxy groups -OCH3 is 1. The van der Waals surface area contributed by atoms with E-state index in [9.17, 15) is 52.7 Å². The van der Waals surface area contributed by atoms with E-state index >= 15 is 0 Å². The summed E-state index contributed by atoms with van der Waals surface area (Å²) in [5.41, 5.74) is 13.4. The Bertz CT molecular complexity index is 7730. The van der Waals surface area contributed by atoms with Gasteiger partial charge in [0.2, 0.25) is 11.5 Å². The largest absolute Gasteiger partial charge is 0.573 e. The number of benzene rings is 8. The molecule has 0 saturated heterocycles. The third-order valence-corrected chi connectivity index (χ3v) is 21.0. The van der Waals surface area contributed by atoms with Crippen LogP contribution in [0.2, 0.25) is 0 Å². The number of alkyl halides is 12. The fourth-order valence-corrected chi connectivity index (χ4v) is 14.2. The zero-order valence-corrected chi connectivity index (χ0v) is 75.4. The molecule has 44 heteroatoms. The molecule has 1 aliphatic carbocycles. The number of halogens is 12. The highest BCUT2D eigenvalue weighted by molar-refractivity contribution is 5.94. The Morgan fingerprint density at radius 1 is 0.292 bits per heavy atom. The van der Waals surface area contributed by atoms with Crippen LogP contribution in [-0.2, 0) is 33.0 Å². The minimum Gasteiger partial charge on any atom is -0.493 e. The first-order valence-electron chi connectivity index (χ1n) is 43.2. The summed E-state index contributed by atoms with van der Waals surface area (Å²) in [6.07, 6.45) is 3.43. The van der Waals surface area contributed by atoms with Gasteiger partial charge in [-0.05, 0) is 260 Å². The van der Waals surface area contributed by atoms with Crippen molar-refractivity contribution in [2.75, 3.05) is 13.7 Å². The van der Waals surface area contributed by atoms with Crippen molar-refractivity contribution in [2.45, 2.75) is 97.8 Å². The summed E-state index contributed by atoms with van der Waals surface area (Å²) in [5.74, 6) is 4.13. The predicted molar refractivity (Wildman–Crippen MR) is 489 cm³/mol. The van der Waals surface area contributed by atoms with Crippen LogP contribution in [0.5, 0.6) is 58.3 Å². The molecule has 12 aromatic heterocycles. The molecule has 0 bridgehead atoms. The second-order valence-electron chi connectivity index (χ2n) is 31.2. The first kappa shape index (κ1) is 97.6. The van der Waals surface area contributed by atoms with Gasteiger partial charge >= 0.3 is 25.3 Å². The number of hydrogen-bond donors (Lipinski definition) is 0. The lowest BCUT2D eigenvalue weighted by Crippen LogP contribution is -2.19. The van der Waals surface area contributed by atoms with Crippen molar-refractivity contribution in [3.63, 3.8) is 0 Å². The van der Waals surface area contributed by atoms with Gasteiger partial charge in [-0.2, -0.15) is 13.2 Å². The zero-order chi connectivity index (χ0) is 100. The Morgan fingerprint density at radius 2 is 0.653 bits per heavy atom. The van der Waals surface area contributed by atoms with Gasteiger partial charge in [-0.3, -0.25) is 4.98 Å². The third-order valence-electron chi connectivity index (χ3n) is 21.0. The van der Waals surface area contributed by atoms with Gasteiger partial charge < -0.3 is 70.0 Å². The van der Waals surface area contributed by atoms with E-state index in [1.165, 1.54) is 86.4 Å². The highest BCUT2D eigenvalue weighted by Crippen LogP contribution is 2.44. The first-order chi connectivity index (χ1) is 69.5. The molecule has 12 heterocycles. The highest BCUT2D eigenvalue weighted by atomic mass is 19.4. The average molecular weight is 1980 g/mol. The minimum atomic E-state index is -4.76. The molecule has 0 amide bonds. The number of ether oxygens (including phenoxy) is 10. The molecular weight excluding hydrogens is 1910 g/mol. The molecule has 144 heavy (non-hydrogen) atoms. The van der Waals surface area contributed by atoms with E-state index < -0.39 is 31.9 Å². The molecule has 1 saturated carbocycles. The highest BCUT2D eigenvalue weighted by Gasteiger charge is 2.35. The zero-order valence-electron chi connectivity index (χ0n) is 75.4. The molecule has 0 radical (unpaired) electrons. The Kier molecular flexibility index (Phi) is 29.5. The van der Waals surface area contributed by atoms with Crippen LogP contribution in [0.15, 0.2) is 291 Å². The Balaban J connectivity index is 0.000000124. The van der Waals surface area contributed by atoms with Crippen molar-refractivity contribution in [1.82, 2.24) is 85.6 Å². The number of aromatic nitrogens is 17. The van der Waals surface area contributed by atoms with Crippen molar-refractivity contribution in [2.24, 2.45) is 0 Å². The van der Waals surface area contributed by atoms with E-state index in [-0.39, 0.29) is 79.7 Å². The maximum absolute atomic E-state index is 12.5. The molecule has 1 fully saturated rings. The lowest BCUT2D eigenvalue weighted by atomic mass is 9.99. The molecule has 21 rings (SSSR count). The normalized spacial score (nSPS) is 12.0. The van der Waals surface area contributed by atoms with Crippen LogP contribution in [0.3, 0.4) is 0 Å². The summed E-state index contributed by atoms with van der Waals surface area (Å²) in [5, 5.41) is 23.0. The first-order valence-corrected chi connectivity index (χ1v) is 43.2. The standard InChI is InChI=1S/C21H16F3N3O3.C20H14F3N3O4.C20H14F3N3O3.C20H16N4O2.C19H13F3N4O3/c1-12-8-14(4-5-17(12)29-21(22,23)24)15-9-13(2)19-16(10-15)20(27-30-19)28-11-18-25-6-3-7-26-18;1-27-16-10-13(12-3-5-14(6-4-12)29-20(21,22)23)9-15-18(16)30-26-19(15)28-11-17-24-7-2-8-25-17;1-12-8-14(13-4-2-5-15(9-13)28-20(21,22)23)10-16-18(12)29-26-19(16)27-11-17-24-6-3-7-25-17;1-8-21-19(22-9-1)12-25-20-16-10-14(5-7-18(16)26-24-20)15-4-6-17(23-11-15)13-2-3-13;20-19(21,22)11-28-17-5-3-13(9-25-17)12-2-4-15-14(8-12)18(26-29-15)27-10-16-23-6-1-7-24-16/h3-10H,11H2,1-2H3;2-10H,11H2,1H3;2-10H,11H2,1H3;1,4-11,13H,2-3,12H2;1-9H,10-11H2. The van der Waals surface area contributed by atoms with Crippen LogP contribution >= 0.6 is 0 Å². The van der Waals surface area contributed by atoms with Crippen LogP contribution in [0.4, 0.5) is 52.7 Å². The summed E-state index contributed by atoms with van der Waals surface area (Å²) in [7, 11) is 1.47. The van der Waals surface area contributed by atoms with Gasteiger partial charge in [0.1, 0.15) is 50.3 Å². The van der Waals surface area contributed by atoms with Gasteiger partial charge in [-0.25, -0.2) is 54.8 Å². The van der Waals surface area contributed by atoms with Gasteiger partial charge in [0.15, 0.2) is 63.8 Å². The summed E-state index contributed by atoms with van der Waals surface area (Å²) < 4.78 is 226. The van der Waals surface area contributed by atoms with Crippen LogP contribution < -0.4 is 47.4 Å². The molecular formula is C100H73F12N17O15. The van der Waals surface area contributed by atoms with E-state index in [1.54, 1.807) is 166 Å². The van der Waals surface area contributed by atoms with Crippen LogP contribution in [0.25, 0.3) is 110 Å². The van der Waals surface area contributed by atoms with Gasteiger partial charge in [-0.1, -0.05) is 48.5 Å². The summed E-state index contributed by atoms with van der Waals surface area (Å²) in [6, 6.07) is 53.4. The molecule has 0 atom stereocenters. The molecule has 8 aromatic carbocycles. The fourth-order valence-electron chi connectivity index (χ4n) is 14.2. The van der Waals surface area contributed by atoms with Crippen molar-refractivity contribution in [3.05, 3.63) is 320 Å². The van der Waals surface area contributed by atoms with E-state index in [4.69, 9.17) is 51.0 Å². The maximum Gasteiger partial charge on any atom is 0.573 e. The molecule has 20 aromatic rings. The Hall–Kier alpha value is -18.0. The number of rotatable bonds is 27. The molecule has 0 N–H and O–H groups in total. The molecule has 1 aliphatic rings. The van der Waals surface area contributed by atoms with Crippen LogP contribution in [0, 0.1) is 20.8 Å². The van der Waals surface area contributed by atoms with Crippen molar-refractivity contribution in [1.29, 1.82) is 0 Å². The van der Waals surface area contributed by atoms with E-state index in [0.717, 1.165) is 44.3 Å². The topological polar surface area (TPSA) is 377 Å². The second-order valence-corrected chi connectivity index (χ2v) is 31.2. The predicted octanol–water partition coefficient (Wildman–Crippen LogP) is 23.6. The number of pyridine rings is 2. The quantitative estimate of drug-likeness (QED) is 0.0431. The number of aryl methyl sites for hydroxylation is 3. The smallest absolute Gasteiger partial charge is 0.493 e. The lowest BCUT2D eigenvalue weighted by molar-refractivity contribution is -0.275. The van der Waals surface area contributed by atoms with E-state index in [1.807, 2.05) is 50.4 Å². The van der Waals surface area contributed by atoms with Crippen molar-refractivity contribution in [3.8, 4) is 114 Å². The van der Waals surface area contributed by atoms with Crippen LogP contribution in [-0.4, -0.2) is 125 Å². The Labute approximate surface area is 804 Å². The monoisotopic (exact) mass is 1980 g/mol. The fraction of sp³-hybridized carbons (Fsp3) is 0.170. The van der Waals surface area contributed by atoms with Gasteiger partial charge in [0, 0.05) is 103 Å². The number of hydrogen-bond acceptors (Lipinski definition) is 32. The third kappa shape index (κ3) is 25.9.